The molecule has 7 heteroatoms. The molecule has 130 valence electrons. The Hall–Kier alpha value is -2.41. The predicted molar refractivity (Wildman–Crippen MR) is 83.7 cm³/mol. The van der Waals surface area contributed by atoms with E-state index in [4.69, 9.17) is 0 Å². The van der Waals surface area contributed by atoms with Crippen LogP contribution < -0.4 is 5.32 Å². The summed E-state index contributed by atoms with van der Waals surface area (Å²) in [5.74, 6) is -9.65. The van der Waals surface area contributed by atoms with E-state index < -0.39 is 34.6 Å². The van der Waals surface area contributed by atoms with Gasteiger partial charge in [-0.3, -0.25) is 0 Å². The van der Waals surface area contributed by atoms with E-state index >= 15 is 0 Å². The number of nitrogens with zero attached hydrogens (tertiary/aromatic N) is 1. The fourth-order valence-electron chi connectivity index (χ4n) is 3.42. The molecule has 2 heterocycles. The van der Waals surface area contributed by atoms with Crippen LogP contribution in [0.5, 0.6) is 0 Å². The summed E-state index contributed by atoms with van der Waals surface area (Å²) in [4.78, 5) is 0. The maximum Gasteiger partial charge on any atom is 0.200 e. The van der Waals surface area contributed by atoms with Crippen LogP contribution in [0.2, 0.25) is 0 Å². The number of aromatic nitrogens is 1. The van der Waals surface area contributed by atoms with Crippen molar-refractivity contribution in [1.29, 1.82) is 0 Å². The smallest absolute Gasteiger partial charge is 0.200 e. The van der Waals surface area contributed by atoms with Crippen LogP contribution in [0.3, 0.4) is 0 Å². The van der Waals surface area contributed by atoms with Crippen molar-refractivity contribution in [3.05, 3.63) is 59.0 Å². The molecule has 3 aromatic rings. The Kier molecular flexibility index (Phi) is 3.76. The molecule has 1 aliphatic rings. The van der Waals surface area contributed by atoms with Gasteiger partial charge in [0.15, 0.2) is 23.3 Å². The summed E-state index contributed by atoms with van der Waals surface area (Å²) in [6, 6.07) is 6.58. The first-order valence-electron chi connectivity index (χ1n) is 7.84. The lowest BCUT2D eigenvalue weighted by atomic mass is 10.0. The van der Waals surface area contributed by atoms with Crippen LogP contribution in [-0.4, -0.2) is 17.7 Å². The van der Waals surface area contributed by atoms with E-state index in [0.29, 0.717) is 30.4 Å². The quantitative estimate of drug-likeness (QED) is 0.396. The molecule has 0 aliphatic carbocycles. The number of para-hydroxylation sites is 1. The van der Waals surface area contributed by atoms with E-state index in [1.54, 1.807) is 12.1 Å². The maximum absolute atomic E-state index is 14.3. The Morgan fingerprint density at radius 3 is 2.24 bits per heavy atom. The van der Waals surface area contributed by atoms with Gasteiger partial charge in [-0.1, -0.05) is 18.2 Å². The summed E-state index contributed by atoms with van der Waals surface area (Å²) in [6.45, 7) is 1.96. The molecule has 0 bridgehead atoms. The number of rotatable bonds is 1. The van der Waals surface area contributed by atoms with Crippen LogP contribution in [-0.2, 0) is 13.0 Å². The second kappa shape index (κ2) is 5.84. The maximum atomic E-state index is 14.3. The Morgan fingerprint density at radius 2 is 1.52 bits per heavy atom. The minimum Gasteiger partial charge on any atom is -0.343 e. The van der Waals surface area contributed by atoms with Gasteiger partial charge in [-0.05, 0) is 6.07 Å². The molecular weight excluding hydrogens is 339 g/mol. The van der Waals surface area contributed by atoms with Crippen molar-refractivity contribution in [1.82, 2.24) is 9.88 Å². The first-order valence-corrected chi connectivity index (χ1v) is 7.84. The van der Waals surface area contributed by atoms with Crippen LogP contribution in [0.4, 0.5) is 22.0 Å². The van der Waals surface area contributed by atoms with Gasteiger partial charge in [0.25, 0.3) is 0 Å². The molecule has 25 heavy (non-hydrogen) atoms. The highest BCUT2D eigenvalue weighted by Gasteiger charge is 2.28. The minimum atomic E-state index is -2.15. The Bertz CT molecular complexity index is 964. The number of fused-ring (bicyclic) bond motifs is 3. The van der Waals surface area contributed by atoms with E-state index in [0.717, 1.165) is 12.2 Å². The van der Waals surface area contributed by atoms with Crippen LogP contribution in [0.25, 0.3) is 22.0 Å². The number of hydrogen-bond acceptors (Lipinski definition) is 1. The van der Waals surface area contributed by atoms with Gasteiger partial charge in [-0.2, -0.15) is 0 Å². The van der Waals surface area contributed by atoms with Crippen molar-refractivity contribution in [3.8, 4) is 11.1 Å². The fraction of sp³-hybridized carbons (Fsp3) is 0.222. The number of hydrogen-bond donors (Lipinski definition) is 1. The Labute approximate surface area is 139 Å². The number of benzene rings is 2. The van der Waals surface area contributed by atoms with Crippen LogP contribution in [0, 0.1) is 29.1 Å². The molecule has 0 fully saturated rings. The molecule has 1 aromatic heterocycles. The third kappa shape index (κ3) is 2.33. The highest BCUT2D eigenvalue weighted by atomic mass is 19.2. The van der Waals surface area contributed by atoms with Crippen molar-refractivity contribution in [2.45, 2.75) is 13.0 Å². The van der Waals surface area contributed by atoms with Crippen LogP contribution >= 0.6 is 0 Å². The van der Waals surface area contributed by atoms with E-state index in [-0.39, 0.29) is 5.56 Å². The molecule has 4 rings (SSSR count). The van der Waals surface area contributed by atoms with E-state index in [2.05, 4.69) is 5.32 Å². The van der Waals surface area contributed by atoms with Crippen molar-refractivity contribution in [3.63, 3.8) is 0 Å². The van der Waals surface area contributed by atoms with Gasteiger partial charge >= 0.3 is 0 Å². The largest absolute Gasteiger partial charge is 0.343 e. The average Bonchev–Trinajstić information content (AvgIpc) is 2.81. The summed E-state index contributed by atoms with van der Waals surface area (Å²) < 4.78 is 71.1. The van der Waals surface area contributed by atoms with Gasteiger partial charge in [0.1, 0.15) is 0 Å². The second-order valence-corrected chi connectivity index (χ2v) is 5.98. The molecule has 0 amide bonds. The number of halogens is 5. The van der Waals surface area contributed by atoms with E-state index in [9.17, 15) is 22.0 Å². The fourth-order valence-corrected chi connectivity index (χ4v) is 3.42. The van der Waals surface area contributed by atoms with Crippen molar-refractivity contribution < 1.29 is 22.0 Å². The van der Waals surface area contributed by atoms with Crippen molar-refractivity contribution in [2.24, 2.45) is 0 Å². The van der Waals surface area contributed by atoms with Gasteiger partial charge in [0.05, 0.1) is 11.1 Å². The Morgan fingerprint density at radius 1 is 0.840 bits per heavy atom. The van der Waals surface area contributed by atoms with Crippen molar-refractivity contribution in [2.75, 3.05) is 13.1 Å². The lowest BCUT2D eigenvalue weighted by molar-refractivity contribution is 0.381. The molecule has 0 unspecified atom stereocenters. The van der Waals surface area contributed by atoms with Crippen LogP contribution in [0.1, 0.15) is 5.69 Å². The molecule has 2 nitrogen and oxygen atoms in total. The molecular formula is C18H13F5N2. The monoisotopic (exact) mass is 352 g/mol. The summed E-state index contributed by atoms with van der Waals surface area (Å²) in [6.07, 6.45) is 0.714. The molecule has 0 saturated carbocycles. The lowest BCUT2D eigenvalue weighted by Gasteiger charge is -2.13. The SMILES string of the molecule is Fc1c(F)c(F)c(-c2cccc3cc4n(c23)CCNCC4)c(F)c1F. The van der Waals surface area contributed by atoms with Gasteiger partial charge in [-0.25, -0.2) is 22.0 Å². The standard InChI is InChI=1S/C18H13F5N2/c19-13-12(14(20)16(22)17(23)15(13)21)11-3-1-2-9-8-10-4-5-24-6-7-25(10)18(9)11/h1-3,8,24H,4-7H2. The van der Waals surface area contributed by atoms with Crippen LogP contribution in [0.15, 0.2) is 24.3 Å². The third-order valence-corrected chi connectivity index (χ3v) is 4.56. The zero-order valence-corrected chi connectivity index (χ0v) is 13.0. The average molecular weight is 352 g/mol. The first kappa shape index (κ1) is 16.1. The lowest BCUT2D eigenvalue weighted by Crippen LogP contribution is -2.17. The highest BCUT2D eigenvalue weighted by molar-refractivity contribution is 5.95. The summed E-state index contributed by atoms with van der Waals surface area (Å²) >= 11 is 0. The number of nitrogens with one attached hydrogen (secondary N) is 1. The van der Waals surface area contributed by atoms with E-state index in [1.807, 2.05) is 10.6 Å². The Balaban J connectivity index is 2.08. The highest BCUT2D eigenvalue weighted by Crippen LogP contribution is 2.37. The van der Waals surface area contributed by atoms with Gasteiger partial charge in [0.2, 0.25) is 5.82 Å². The first-order chi connectivity index (χ1) is 12.0. The van der Waals surface area contributed by atoms with Gasteiger partial charge in [0, 0.05) is 42.7 Å². The van der Waals surface area contributed by atoms with Gasteiger partial charge < -0.3 is 9.88 Å². The van der Waals surface area contributed by atoms with Gasteiger partial charge in [-0.15, -0.1) is 0 Å². The summed E-state index contributed by atoms with van der Waals surface area (Å²) in [5.41, 5.74) is 0.541. The normalized spacial score (nSPS) is 14.6. The topological polar surface area (TPSA) is 17.0 Å². The zero-order valence-electron chi connectivity index (χ0n) is 13.0. The molecule has 0 saturated heterocycles. The minimum absolute atomic E-state index is 0.00144. The molecule has 0 spiro atoms. The molecule has 2 aromatic carbocycles. The van der Waals surface area contributed by atoms with E-state index in [1.165, 1.54) is 6.07 Å². The summed E-state index contributed by atoms with van der Waals surface area (Å²) in [7, 11) is 0. The zero-order chi connectivity index (χ0) is 17.7. The molecule has 0 atom stereocenters. The molecule has 1 N–H and O–H groups in total. The third-order valence-electron chi connectivity index (χ3n) is 4.56. The van der Waals surface area contributed by atoms with Crippen molar-refractivity contribution >= 4 is 10.9 Å². The second-order valence-electron chi connectivity index (χ2n) is 5.98. The predicted octanol–water partition coefficient (Wildman–Crippen LogP) is 4.15. The molecule has 0 radical (unpaired) electrons. The summed E-state index contributed by atoms with van der Waals surface area (Å²) in [5, 5.41) is 3.92. The molecule has 1 aliphatic heterocycles.